The lowest BCUT2D eigenvalue weighted by Crippen LogP contribution is -2.31. The zero-order valence-electron chi connectivity index (χ0n) is 11.1. The van der Waals surface area contributed by atoms with E-state index in [0.29, 0.717) is 6.54 Å². The number of pyridine rings is 1. The minimum absolute atomic E-state index is 0.0270. The predicted octanol–water partition coefficient (Wildman–Crippen LogP) is 2.05. The van der Waals surface area contributed by atoms with Gasteiger partial charge in [-0.25, -0.2) is 18.4 Å². The molecule has 1 saturated heterocycles. The van der Waals surface area contributed by atoms with Crippen molar-refractivity contribution in [3.8, 4) is 0 Å². The molecule has 1 unspecified atom stereocenters. The average Bonchev–Trinajstić information content (AvgIpc) is 2.99. The zero-order valence-corrected chi connectivity index (χ0v) is 12.6. The van der Waals surface area contributed by atoms with Crippen LogP contribution in [0.4, 0.5) is 0 Å². The first-order valence-corrected chi connectivity index (χ1v) is 8.30. The number of nitrogens with zero attached hydrogens (tertiary/aromatic N) is 4. The van der Waals surface area contributed by atoms with Gasteiger partial charge in [-0.15, -0.1) is 0 Å². The number of rotatable bonds is 3. The summed E-state index contributed by atoms with van der Waals surface area (Å²) in [5.41, 5.74) is 0.897. The Morgan fingerprint density at radius 1 is 1.24 bits per heavy atom. The van der Waals surface area contributed by atoms with Crippen molar-refractivity contribution < 1.29 is 8.42 Å². The molecule has 2 aromatic rings. The van der Waals surface area contributed by atoms with Crippen LogP contribution in [0.5, 0.6) is 0 Å². The third-order valence-corrected chi connectivity index (χ3v) is 5.53. The molecule has 3 rings (SSSR count). The number of halogens is 1. The van der Waals surface area contributed by atoms with Crippen LogP contribution in [-0.4, -0.2) is 34.2 Å². The Morgan fingerprint density at radius 2 is 2.00 bits per heavy atom. The molecule has 2 aromatic heterocycles. The molecule has 0 radical (unpaired) electrons. The summed E-state index contributed by atoms with van der Waals surface area (Å²) in [7, 11) is -3.63. The van der Waals surface area contributed by atoms with E-state index in [1.165, 1.54) is 16.7 Å². The maximum Gasteiger partial charge on any atom is 0.246 e. The van der Waals surface area contributed by atoms with E-state index >= 15 is 0 Å². The monoisotopic (exact) mass is 324 g/mol. The van der Waals surface area contributed by atoms with Crippen LogP contribution in [0.25, 0.3) is 0 Å². The molecule has 0 N–H and O–H groups in total. The van der Waals surface area contributed by atoms with E-state index in [4.69, 9.17) is 11.6 Å². The second kappa shape index (κ2) is 5.67. The number of aromatic nitrogens is 3. The first kappa shape index (κ1) is 14.4. The number of sulfonamides is 1. The predicted molar refractivity (Wildman–Crippen MR) is 77.1 cm³/mol. The van der Waals surface area contributed by atoms with Crippen molar-refractivity contribution in [2.75, 3.05) is 6.54 Å². The minimum Gasteiger partial charge on any atom is -0.264 e. The van der Waals surface area contributed by atoms with Crippen LogP contribution in [0, 0.1) is 0 Å². The quantitative estimate of drug-likeness (QED) is 0.808. The molecule has 0 amide bonds. The maximum absolute atomic E-state index is 12.7. The van der Waals surface area contributed by atoms with Crippen LogP contribution in [0.2, 0.25) is 5.28 Å². The summed E-state index contributed by atoms with van der Waals surface area (Å²) in [6.45, 7) is 0.477. The molecule has 0 saturated carbocycles. The van der Waals surface area contributed by atoms with Crippen molar-refractivity contribution in [2.24, 2.45) is 0 Å². The van der Waals surface area contributed by atoms with Crippen LogP contribution < -0.4 is 0 Å². The second-order valence-corrected chi connectivity index (χ2v) is 6.98. The molecule has 1 aliphatic rings. The maximum atomic E-state index is 12.7. The highest BCUT2D eigenvalue weighted by Gasteiger charge is 2.36. The van der Waals surface area contributed by atoms with Crippen molar-refractivity contribution in [3.63, 3.8) is 0 Å². The van der Waals surface area contributed by atoms with Gasteiger partial charge in [-0.05, 0) is 36.1 Å². The van der Waals surface area contributed by atoms with Crippen molar-refractivity contribution in [1.29, 1.82) is 0 Å². The highest BCUT2D eigenvalue weighted by atomic mass is 35.5. The van der Waals surface area contributed by atoms with Gasteiger partial charge in [0, 0.05) is 18.9 Å². The van der Waals surface area contributed by atoms with Crippen LogP contribution >= 0.6 is 11.6 Å². The summed E-state index contributed by atoms with van der Waals surface area (Å²) in [4.78, 5) is 11.6. The van der Waals surface area contributed by atoms with Gasteiger partial charge in [0.15, 0.2) is 0 Å². The molecule has 21 heavy (non-hydrogen) atoms. The van der Waals surface area contributed by atoms with E-state index in [0.717, 1.165) is 18.4 Å². The molecule has 0 aromatic carbocycles. The highest BCUT2D eigenvalue weighted by Crippen LogP contribution is 2.35. The van der Waals surface area contributed by atoms with E-state index < -0.39 is 10.0 Å². The van der Waals surface area contributed by atoms with Gasteiger partial charge < -0.3 is 0 Å². The lowest BCUT2D eigenvalue weighted by Gasteiger charge is -2.23. The molecule has 110 valence electrons. The largest absolute Gasteiger partial charge is 0.264 e. The molecule has 0 bridgehead atoms. The molecular formula is C13H13ClN4O2S. The highest BCUT2D eigenvalue weighted by molar-refractivity contribution is 7.89. The molecule has 0 spiro atoms. The molecule has 1 aliphatic heterocycles. The van der Waals surface area contributed by atoms with Crippen LogP contribution in [0.3, 0.4) is 0 Å². The Bertz CT molecular complexity index is 722. The van der Waals surface area contributed by atoms with Crippen molar-refractivity contribution in [2.45, 2.75) is 23.8 Å². The second-order valence-electron chi connectivity index (χ2n) is 4.75. The van der Waals surface area contributed by atoms with Gasteiger partial charge in [-0.3, -0.25) is 4.98 Å². The van der Waals surface area contributed by atoms with Gasteiger partial charge in [0.2, 0.25) is 15.3 Å². The van der Waals surface area contributed by atoms with Crippen LogP contribution in [0.1, 0.15) is 24.4 Å². The first-order chi connectivity index (χ1) is 10.1. The summed E-state index contributed by atoms with van der Waals surface area (Å²) in [5, 5.41) is 0.0270. The number of hydrogen-bond donors (Lipinski definition) is 0. The first-order valence-electron chi connectivity index (χ1n) is 6.48. The summed E-state index contributed by atoms with van der Waals surface area (Å²) < 4.78 is 26.9. The average molecular weight is 325 g/mol. The zero-order chi connectivity index (χ0) is 14.9. The normalized spacial score (nSPS) is 19.8. The Morgan fingerprint density at radius 3 is 2.67 bits per heavy atom. The molecule has 8 heteroatoms. The standard InChI is InChI=1S/C13H13ClN4O2S/c14-13-16-8-11(9-17-13)21(19,20)18-6-2-4-12(18)10-3-1-5-15-7-10/h1,3,5,7-9,12H,2,4,6H2. The molecular weight excluding hydrogens is 312 g/mol. The van der Waals surface area contributed by atoms with E-state index in [9.17, 15) is 8.42 Å². The van der Waals surface area contributed by atoms with Gasteiger partial charge in [0.05, 0.1) is 18.4 Å². The SMILES string of the molecule is O=S(=O)(c1cnc(Cl)nc1)N1CCCC1c1cccnc1. The lowest BCUT2D eigenvalue weighted by atomic mass is 10.1. The van der Waals surface area contributed by atoms with Crippen molar-refractivity contribution in [3.05, 3.63) is 47.8 Å². The third kappa shape index (κ3) is 2.76. The Balaban J connectivity index is 1.96. The fraction of sp³-hybridized carbons (Fsp3) is 0.308. The molecule has 3 heterocycles. The van der Waals surface area contributed by atoms with Gasteiger partial charge in [0.25, 0.3) is 0 Å². The summed E-state index contributed by atoms with van der Waals surface area (Å²) in [5.74, 6) is 0. The van der Waals surface area contributed by atoms with E-state index in [1.807, 2.05) is 12.1 Å². The molecule has 6 nitrogen and oxygen atoms in total. The summed E-state index contributed by atoms with van der Waals surface area (Å²) in [6.07, 6.45) is 7.44. The molecule has 1 fully saturated rings. The Labute approximate surface area is 127 Å². The topological polar surface area (TPSA) is 76.1 Å². The van der Waals surface area contributed by atoms with E-state index in [2.05, 4.69) is 15.0 Å². The Hall–Kier alpha value is -1.57. The van der Waals surface area contributed by atoms with E-state index in [-0.39, 0.29) is 16.2 Å². The van der Waals surface area contributed by atoms with Gasteiger partial charge in [0.1, 0.15) is 4.90 Å². The minimum atomic E-state index is -3.63. The Kier molecular flexibility index (Phi) is 3.88. The van der Waals surface area contributed by atoms with Crippen LogP contribution in [-0.2, 0) is 10.0 Å². The smallest absolute Gasteiger partial charge is 0.246 e. The van der Waals surface area contributed by atoms with Crippen molar-refractivity contribution >= 4 is 21.6 Å². The van der Waals surface area contributed by atoms with Crippen molar-refractivity contribution in [1.82, 2.24) is 19.3 Å². The van der Waals surface area contributed by atoms with Crippen LogP contribution in [0.15, 0.2) is 41.8 Å². The molecule has 1 atom stereocenters. The van der Waals surface area contributed by atoms with E-state index in [1.54, 1.807) is 12.4 Å². The fourth-order valence-electron chi connectivity index (χ4n) is 2.50. The fourth-order valence-corrected chi connectivity index (χ4v) is 4.17. The van der Waals surface area contributed by atoms with Gasteiger partial charge >= 0.3 is 0 Å². The van der Waals surface area contributed by atoms with Gasteiger partial charge in [-0.2, -0.15) is 4.31 Å². The summed E-state index contributed by atoms with van der Waals surface area (Å²) in [6, 6.07) is 3.51. The molecule has 0 aliphatic carbocycles. The van der Waals surface area contributed by atoms with Gasteiger partial charge in [-0.1, -0.05) is 6.07 Å². The summed E-state index contributed by atoms with van der Waals surface area (Å²) >= 11 is 5.61. The third-order valence-electron chi connectivity index (χ3n) is 3.48. The lowest BCUT2D eigenvalue weighted by molar-refractivity contribution is 0.395. The number of hydrogen-bond acceptors (Lipinski definition) is 5.